The molecule has 2 aromatic heterocycles. The van der Waals surface area contributed by atoms with Gasteiger partial charge in [0.25, 0.3) is 0 Å². The first-order valence-corrected chi connectivity index (χ1v) is 7.84. The molecule has 112 valence electrons. The van der Waals surface area contributed by atoms with Gasteiger partial charge >= 0.3 is 0 Å². The van der Waals surface area contributed by atoms with Gasteiger partial charge in [-0.3, -0.25) is 0 Å². The predicted molar refractivity (Wildman–Crippen MR) is 80.6 cm³/mol. The van der Waals surface area contributed by atoms with E-state index in [0.29, 0.717) is 0 Å². The Hall–Kier alpha value is -1.66. The Morgan fingerprint density at radius 1 is 1.24 bits per heavy atom. The molecule has 4 heterocycles. The van der Waals surface area contributed by atoms with Crippen LogP contribution in [0.2, 0.25) is 0 Å². The molecule has 21 heavy (non-hydrogen) atoms. The van der Waals surface area contributed by atoms with Gasteiger partial charge in [0.2, 0.25) is 0 Å². The highest BCUT2D eigenvalue weighted by Crippen LogP contribution is 2.26. The highest BCUT2D eigenvalue weighted by molar-refractivity contribution is 5.56. The second kappa shape index (κ2) is 5.61. The van der Waals surface area contributed by atoms with Crippen LogP contribution in [0.3, 0.4) is 0 Å². The second-order valence-corrected chi connectivity index (χ2v) is 5.75. The molecular weight excluding hydrogens is 266 g/mol. The van der Waals surface area contributed by atoms with Crippen molar-refractivity contribution < 1.29 is 4.74 Å². The molecule has 1 N–H and O–H groups in total. The summed E-state index contributed by atoms with van der Waals surface area (Å²) in [6.07, 6.45) is 5.46. The number of piperazine rings is 1. The van der Waals surface area contributed by atoms with Gasteiger partial charge in [-0.1, -0.05) is 0 Å². The predicted octanol–water partition coefficient (Wildman–Crippen LogP) is 1.38. The lowest BCUT2D eigenvalue weighted by atomic mass is 10.1. The zero-order valence-corrected chi connectivity index (χ0v) is 12.2. The number of anilines is 1. The minimum Gasteiger partial charge on any atom is -0.370 e. The zero-order valence-electron chi connectivity index (χ0n) is 12.2. The molecule has 1 atom stereocenters. The third-order valence-electron chi connectivity index (χ3n) is 4.29. The average Bonchev–Trinajstić information content (AvgIpc) is 2.99. The Labute approximate surface area is 124 Å². The fourth-order valence-corrected chi connectivity index (χ4v) is 3.09. The SMILES string of the molecule is c1cn2nc(C3CCCCO3)nc2cc1N1CCNCC1. The van der Waals surface area contributed by atoms with E-state index >= 15 is 0 Å². The van der Waals surface area contributed by atoms with Crippen LogP contribution in [-0.2, 0) is 4.74 Å². The molecule has 4 rings (SSSR count). The molecule has 2 saturated heterocycles. The van der Waals surface area contributed by atoms with Crippen LogP contribution < -0.4 is 10.2 Å². The van der Waals surface area contributed by atoms with Crippen LogP contribution in [0.4, 0.5) is 5.69 Å². The van der Waals surface area contributed by atoms with Crippen molar-refractivity contribution in [1.82, 2.24) is 19.9 Å². The Balaban J connectivity index is 1.61. The number of nitrogens with zero attached hydrogens (tertiary/aromatic N) is 4. The van der Waals surface area contributed by atoms with Gasteiger partial charge in [0, 0.05) is 50.7 Å². The van der Waals surface area contributed by atoms with E-state index in [9.17, 15) is 0 Å². The van der Waals surface area contributed by atoms with Crippen LogP contribution in [0.15, 0.2) is 18.3 Å². The summed E-state index contributed by atoms with van der Waals surface area (Å²) in [5.41, 5.74) is 2.14. The van der Waals surface area contributed by atoms with Gasteiger partial charge in [-0.15, -0.1) is 5.10 Å². The summed E-state index contributed by atoms with van der Waals surface area (Å²) in [4.78, 5) is 7.07. The molecule has 0 radical (unpaired) electrons. The van der Waals surface area contributed by atoms with Gasteiger partial charge in [-0.2, -0.15) is 0 Å². The van der Waals surface area contributed by atoms with Gasteiger partial charge in [0.1, 0.15) is 6.10 Å². The molecule has 6 heteroatoms. The van der Waals surface area contributed by atoms with E-state index in [2.05, 4.69) is 32.4 Å². The first kappa shape index (κ1) is 13.0. The first-order chi connectivity index (χ1) is 10.4. The maximum Gasteiger partial charge on any atom is 0.180 e. The number of aromatic nitrogens is 3. The van der Waals surface area contributed by atoms with E-state index < -0.39 is 0 Å². The summed E-state index contributed by atoms with van der Waals surface area (Å²) in [5, 5.41) is 7.95. The number of pyridine rings is 1. The Kier molecular flexibility index (Phi) is 3.48. The average molecular weight is 287 g/mol. The summed E-state index contributed by atoms with van der Waals surface area (Å²) < 4.78 is 7.64. The summed E-state index contributed by atoms with van der Waals surface area (Å²) >= 11 is 0. The number of fused-ring (bicyclic) bond motifs is 1. The first-order valence-electron chi connectivity index (χ1n) is 7.84. The number of hydrogen-bond acceptors (Lipinski definition) is 5. The van der Waals surface area contributed by atoms with E-state index in [1.54, 1.807) is 0 Å². The minimum absolute atomic E-state index is 0.0706. The van der Waals surface area contributed by atoms with E-state index in [-0.39, 0.29) is 6.10 Å². The highest BCUT2D eigenvalue weighted by Gasteiger charge is 2.21. The second-order valence-electron chi connectivity index (χ2n) is 5.75. The van der Waals surface area contributed by atoms with Crippen LogP contribution >= 0.6 is 0 Å². The summed E-state index contributed by atoms with van der Waals surface area (Å²) in [7, 11) is 0. The minimum atomic E-state index is 0.0706. The molecule has 0 aromatic carbocycles. The molecule has 0 bridgehead atoms. The van der Waals surface area contributed by atoms with Crippen molar-refractivity contribution in [2.75, 3.05) is 37.7 Å². The smallest absolute Gasteiger partial charge is 0.180 e. The third-order valence-corrected chi connectivity index (χ3v) is 4.29. The fourth-order valence-electron chi connectivity index (χ4n) is 3.09. The van der Waals surface area contributed by atoms with Gasteiger partial charge in [0.05, 0.1) is 0 Å². The highest BCUT2D eigenvalue weighted by atomic mass is 16.5. The van der Waals surface area contributed by atoms with E-state index in [1.165, 1.54) is 12.1 Å². The molecule has 2 aromatic rings. The van der Waals surface area contributed by atoms with Crippen molar-refractivity contribution >= 4 is 11.3 Å². The quantitative estimate of drug-likeness (QED) is 0.904. The maximum atomic E-state index is 5.78. The monoisotopic (exact) mass is 287 g/mol. The third kappa shape index (κ3) is 2.61. The van der Waals surface area contributed by atoms with Crippen LogP contribution in [-0.4, -0.2) is 47.4 Å². The fraction of sp³-hybridized carbons (Fsp3) is 0.600. The maximum absolute atomic E-state index is 5.78. The van der Waals surface area contributed by atoms with Gasteiger partial charge in [-0.25, -0.2) is 9.50 Å². The number of hydrogen-bond donors (Lipinski definition) is 1. The molecule has 2 aliphatic rings. The van der Waals surface area contributed by atoms with Crippen LogP contribution in [0.25, 0.3) is 5.65 Å². The number of ether oxygens (including phenoxy) is 1. The van der Waals surface area contributed by atoms with Gasteiger partial charge in [-0.05, 0) is 25.3 Å². The normalized spacial score (nSPS) is 23.6. The molecule has 1 unspecified atom stereocenters. The Morgan fingerprint density at radius 2 is 2.14 bits per heavy atom. The van der Waals surface area contributed by atoms with Crippen molar-refractivity contribution in [3.05, 3.63) is 24.2 Å². The molecule has 0 saturated carbocycles. The zero-order chi connectivity index (χ0) is 14.1. The molecule has 2 aliphatic heterocycles. The Morgan fingerprint density at radius 3 is 2.95 bits per heavy atom. The van der Waals surface area contributed by atoms with E-state index in [0.717, 1.165) is 57.1 Å². The van der Waals surface area contributed by atoms with E-state index in [4.69, 9.17) is 4.74 Å². The lowest BCUT2D eigenvalue weighted by Crippen LogP contribution is -2.43. The van der Waals surface area contributed by atoms with E-state index in [1.807, 2.05) is 10.7 Å². The number of rotatable bonds is 2. The topological polar surface area (TPSA) is 54.7 Å². The lowest BCUT2D eigenvalue weighted by Gasteiger charge is -2.29. The van der Waals surface area contributed by atoms with Crippen molar-refractivity contribution in [1.29, 1.82) is 0 Å². The van der Waals surface area contributed by atoms with Crippen molar-refractivity contribution in [3.63, 3.8) is 0 Å². The molecule has 6 nitrogen and oxygen atoms in total. The van der Waals surface area contributed by atoms with Gasteiger partial charge < -0.3 is 15.0 Å². The summed E-state index contributed by atoms with van der Waals surface area (Å²) in [6.45, 7) is 5.00. The summed E-state index contributed by atoms with van der Waals surface area (Å²) in [5.74, 6) is 0.826. The standard InChI is InChI=1S/C15H21N5O/c1-2-10-21-13(3-1)15-17-14-11-12(4-7-20(14)18-15)19-8-5-16-6-9-19/h4,7,11,13,16H,1-3,5-6,8-10H2. The molecule has 0 amide bonds. The van der Waals surface area contributed by atoms with Crippen LogP contribution in [0.1, 0.15) is 31.2 Å². The van der Waals surface area contributed by atoms with Crippen LogP contribution in [0.5, 0.6) is 0 Å². The van der Waals surface area contributed by atoms with Crippen molar-refractivity contribution in [2.24, 2.45) is 0 Å². The molecular formula is C15H21N5O. The van der Waals surface area contributed by atoms with Gasteiger partial charge in [0.15, 0.2) is 11.5 Å². The molecule has 0 aliphatic carbocycles. The molecule has 0 spiro atoms. The number of nitrogens with one attached hydrogen (secondary N) is 1. The van der Waals surface area contributed by atoms with Crippen molar-refractivity contribution in [2.45, 2.75) is 25.4 Å². The molecule has 2 fully saturated rings. The largest absolute Gasteiger partial charge is 0.370 e. The van der Waals surface area contributed by atoms with Crippen molar-refractivity contribution in [3.8, 4) is 0 Å². The Bertz CT molecular complexity index is 598. The van der Waals surface area contributed by atoms with Crippen LogP contribution in [0, 0.1) is 0 Å². The lowest BCUT2D eigenvalue weighted by molar-refractivity contribution is 0.00962. The summed E-state index contributed by atoms with van der Waals surface area (Å²) in [6, 6.07) is 4.25.